The van der Waals surface area contributed by atoms with Gasteiger partial charge in [-0.3, -0.25) is 0 Å². The summed E-state index contributed by atoms with van der Waals surface area (Å²) in [6, 6.07) is 4.91. The summed E-state index contributed by atoms with van der Waals surface area (Å²) in [7, 11) is 0. The molecule has 0 heterocycles. The van der Waals surface area contributed by atoms with Crippen molar-refractivity contribution in [3.63, 3.8) is 0 Å². The molecular formula is C15H24FNO2. The Morgan fingerprint density at radius 2 is 2.05 bits per heavy atom. The van der Waals surface area contributed by atoms with Gasteiger partial charge in [0.25, 0.3) is 0 Å². The van der Waals surface area contributed by atoms with Crippen molar-refractivity contribution < 1.29 is 13.9 Å². The summed E-state index contributed by atoms with van der Waals surface area (Å²) in [5, 5.41) is 0. The Bertz CT molecular complexity index is 384. The minimum absolute atomic E-state index is 0.00644. The average Bonchev–Trinajstić information content (AvgIpc) is 2.39. The topological polar surface area (TPSA) is 44.5 Å². The van der Waals surface area contributed by atoms with Gasteiger partial charge >= 0.3 is 0 Å². The average molecular weight is 269 g/mol. The molecule has 1 aromatic rings. The first-order valence-electron chi connectivity index (χ1n) is 6.80. The van der Waals surface area contributed by atoms with Crippen LogP contribution in [0.25, 0.3) is 0 Å². The third kappa shape index (κ3) is 5.17. The molecule has 0 aliphatic heterocycles. The molecule has 0 spiro atoms. The molecular weight excluding hydrogens is 245 g/mol. The molecule has 108 valence electrons. The van der Waals surface area contributed by atoms with E-state index in [-0.39, 0.29) is 17.8 Å². The first kappa shape index (κ1) is 15.9. The lowest BCUT2D eigenvalue weighted by Gasteiger charge is -2.17. The highest BCUT2D eigenvalue weighted by Gasteiger charge is 2.13. The maximum atomic E-state index is 13.9. The van der Waals surface area contributed by atoms with Gasteiger partial charge in [0.05, 0.1) is 6.10 Å². The molecule has 1 rings (SSSR count). The van der Waals surface area contributed by atoms with Crippen molar-refractivity contribution in [2.75, 3.05) is 19.8 Å². The standard InChI is InChI=1S/C15H24FNO2/c1-4-18-12(3)10-19-15-7-5-6-14(16)13(15)8-11(2)9-17/h5-7,11-12H,4,8-10,17H2,1-3H3. The molecule has 0 amide bonds. The first-order valence-corrected chi connectivity index (χ1v) is 6.80. The fourth-order valence-corrected chi connectivity index (χ4v) is 1.84. The summed E-state index contributed by atoms with van der Waals surface area (Å²) in [5.74, 6) is 0.581. The van der Waals surface area contributed by atoms with E-state index in [1.165, 1.54) is 6.07 Å². The molecule has 0 radical (unpaired) electrons. The maximum absolute atomic E-state index is 13.9. The molecule has 1 aromatic carbocycles. The van der Waals surface area contributed by atoms with Crippen molar-refractivity contribution in [2.24, 2.45) is 11.7 Å². The van der Waals surface area contributed by atoms with E-state index in [4.69, 9.17) is 15.2 Å². The Hall–Kier alpha value is -1.13. The van der Waals surface area contributed by atoms with E-state index in [9.17, 15) is 4.39 Å². The summed E-state index contributed by atoms with van der Waals surface area (Å²) >= 11 is 0. The number of rotatable bonds is 8. The van der Waals surface area contributed by atoms with E-state index in [0.717, 1.165) is 0 Å². The smallest absolute Gasteiger partial charge is 0.130 e. The van der Waals surface area contributed by atoms with Gasteiger partial charge in [-0.05, 0) is 44.9 Å². The van der Waals surface area contributed by atoms with E-state index in [0.29, 0.717) is 37.5 Å². The third-order valence-corrected chi connectivity index (χ3v) is 2.96. The van der Waals surface area contributed by atoms with Gasteiger partial charge in [-0.2, -0.15) is 0 Å². The molecule has 3 nitrogen and oxygen atoms in total. The van der Waals surface area contributed by atoms with E-state index < -0.39 is 0 Å². The van der Waals surface area contributed by atoms with Crippen LogP contribution in [0.4, 0.5) is 4.39 Å². The van der Waals surface area contributed by atoms with E-state index in [1.807, 2.05) is 20.8 Å². The van der Waals surface area contributed by atoms with Crippen LogP contribution < -0.4 is 10.5 Å². The number of nitrogens with two attached hydrogens (primary N) is 1. The number of hydrogen-bond acceptors (Lipinski definition) is 3. The molecule has 4 heteroatoms. The summed E-state index contributed by atoms with van der Waals surface area (Å²) in [6.07, 6.45) is 0.578. The Morgan fingerprint density at radius 1 is 1.32 bits per heavy atom. The van der Waals surface area contributed by atoms with E-state index in [2.05, 4.69) is 0 Å². The number of benzene rings is 1. The van der Waals surface area contributed by atoms with E-state index >= 15 is 0 Å². The molecule has 0 aliphatic carbocycles. The van der Waals surface area contributed by atoms with Crippen LogP contribution in [0.15, 0.2) is 18.2 Å². The van der Waals surface area contributed by atoms with Crippen LogP contribution in [0.3, 0.4) is 0 Å². The second-order valence-electron chi connectivity index (χ2n) is 4.84. The van der Waals surface area contributed by atoms with Crippen molar-refractivity contribution in [3.8, 4) is 5.75 Å². The zero-order valence-corrected chi connectivity index (χ0v) is 12.0. The lowest BCUT2D eigenvalue weighted by Crippen LogP contribution is -2.19. The lowest BCUT2D eigenvalue weighted by atomic mass is 10.00. The highest BCUT2D eigenvalue weighted by Crippen LogP contribution is 2.24. The van der Waals surface area contributed by atoms with Gasteiger partial charge in [-0.25, -0.2) is 4.39 Å². The Labute approximate surface area is 114 Å². The van der Waals surface area contributed by atoms with Crippen molar-refractivity contribution in [3.05, 3.63) is 29.6 Å². The molecule has 0 aliphatic rings. The SMILES string of the molecule is CCOC(C)COc1cccc(F)c1CC(C)CN. The number of hydrogen-bond donors (Lipinski definition) is 1. The van der Waals surface area contributed by atoms with Gasteiger partial charge in [0.1, 0.15) is 18.2 Å². The van der Waals surface area contributed by atoms with Crippen LogP contribution in [-0.2, 0) is 11.2 Å². The van der Waals surface area contributed by atoms with Crippen molar-refractivity contribution in [1.82, 2.24) is 0 Å². The van der Waals surface area contributed by atoms with Gasteiger partial charge < -0.3 is 15.2 Å². The largest absolute Gasteiger partial charge is 0.491 e. The van der Waals surface area contributed by atoms with Gasteiger partial charge in [0.2, 0.25) is 0 Å². The summed E-state index contributed by atoms with van der Waals surface area (Å²) < 4.78 is 24.9. The lowest BCUT2D eigenvalue weighted by molar-refractivity contribution is 0.0398. The zero-order chi connectivity index (χ0) is 14.3. The minimum Gasteiger partial charge on any atom is -0.491 e. The second-order valence-corrected chi connectivity index (χ2v) is 4.84. The monoisotopic (exact) mass is 269 g/mol. The van der Waals surface area contributed by atoms with Crippen molar-refractivity contribution in [2.45, 2.75) is 33.3 Å². The normalized spacial score (nSPS) is 14.2. The quantitative estimate of drug-likeness (QED) is 0.789. The Morgan fingerprint density at radius 3 is 2.68 bits per heavy atom. The molecule has 19 heavy (non-hydrogen) atoms. The molecule has 2 atom stereocenters. The van der Waals surface area contributed by atoms with Gasteiger partial charge in [-0.15, -0.1) is 0 Å². The second kappa shape index (κ2) is 8.12. The molecule has 2 N–H and O–H groups in total. The number of ether oxygens (including phenoxy) is 2. The predicted octanol–water partition coefficient (Wildman–Crippen LogP) is 2.77. The summed E-state index contributed by atoms with van der Waals surface area (Å²) in [4.78, 5) is 0. The van der Waals surface area contributed by atoms with Crippen LogP contribution in [0.2, 0.25) is 0 Å². The zero-order valence-electron chi connectivity index (χ0n) is 12.0. The van der Waals surface area contributed by atoms with Crippen LogP contribution in [-0.4, -0.2) is 25.9 Å². The third-order valence-electron chi connectivity index (χ3n) is 2.96. The minimum atomic E-state index is -0.234. The molecule has 0 aromatic heterocycles. The first-order chi connectivity index (χ1) is 9.08. The Balaban J connectivity index is 2.73. The summed E-state index contributed by atoms with van der Waals surface area (Å²) in [5.41, 5.74) is 6.20. The fraction of sp³-hybridized carbons (Fsp3) is 0.600. The molecule has 0 fully saturated rings. The fourth-order valence-electron chi connectivity index (χ4n) is 1.84. The molecule has 2 unspecified atom stereocenters. The highest BCUT2D eigenvalue weighted by atomic mass is 19.1. The van der Waals surface area contributed by atoms with Crippen LogP contribution >= 0.6 is 0 Å². The molecule has 0 saturated carbocycles. The molecule has 0 saturated heterocycles. The Kier molecular flexibility index (Phi) is 6.81. The van der Waals surface area contributed by atoms with Crippen LogP contribution in [0, 0.1) is 11.7 Å². The molecule has 0 bridgehead atoms. The van der Waals surface area contributed by atoms with Gasteiger partial charge in [0, 0.05) is 12.2 Å². The predicted molar refractivity (Wildman–Crippen MR) is 74.9 cm³/mol. The summed E-state index contributed by atoms with van der Waals surface area (Å²) in [6.45, 7) is 7.46. The van der Waals surface area contributed by atoms with Crippen LogP contribution in [0.5, 0.6) is 5.75 Å². The highest BCUT2D eigenvalue weighted by molar-refractivity contribution is 5.35. The van der Waals surface area contributed by atoms with Crippen molar-refractivity contribution >= 4 is 0 Å². The van der Waals surface area contributed by atoms with Gasteiger partial charge in [0.15, 0.2) is 0 Å². The van der Waals surface area contributed by atoms with Crippen LogP contribution in [0.1, 0.15) is 26.3 Å². The number of halogens is 1. The maximum Gasteiger partial charge on any atom is 0.130 e. The van der Waals surface area contributed by atoms with Crippen molar-refractivity contribution in [1.29, 1.82) is 0 Å². The van der Waals surface area contributed by atoms with Gasteiger partial charge in [-0.1, -0.05) is 13.0 Å². The van der Waals surface area contributed by atoms with E-state index in [1.54, 1.807) is 12.1 Å².